The van der Waals surface area contributed by atoms with Crippen LogP contribution in [0, 0.1) is 0 Å². The minimum atomic E-state index is -0.968. The molecule has 4 heterocycles. The molecule has 1 aliphatic rings. The van der Waals surface area contributed by atoms with Crippen LogP contribution in [0.5, 0.6) is 0 Å². The van der Waals surface area contributed by atoms with Crippen molar-refractivity contribution in [3.8, 4) is 11.1 Å². The summed E-state index contributed by atoms with van der Waals surface area (Å²) in [4.78, 5) is 20.6. The molecular weight excluding hydrogens is 479 g/mol. The van der Waals surface area contributed by atoms with E-state index in [1.807, 2.05) is 43.7 Å². The normalized spacial score (nSPS) is 18.3. The predicted octanol–water partition coefficient (Wildman–Crippen LogP) is 5.15. The molecule has 8 heteroatoms. The van der Waals surface area contributed by atoms with Crippen molar-refractivity contribution in [2.45, 2.75) is 25.1 Å². The van der Waals surface area contributed by atoms with E-state index in [4.69, 9.17) is 0 Å². The lowest BCUT2D eigenvalue weighted by Gasteiger charge is -2.35. The Kier molecular flexibility index (Phi) is 6.19. The van der Waals surface area contributed by atoms with Crippen molar-refractivity contribution in [2.24, 2.45) is 7.05 Å². The maximum atomic E-state index is 15.4. The quantitative estimate of drug-likeness (QED) is 0.355. The topological polar surface area (TPSA) is 70.1 Å². The number of halogens is 1. The molecule has 5 aromatic rings. The van der Waals surface area contributed by atoms with Gasteiger partial charge < -0.3 is 9.47 Å². The zero-order valence-corrected chi connectivity index (χ0v) is 21.9. The van der Waals surface area contributed by atoms with Gasteiger partial charge in [-0.25, -0.2) is 9.37 Å². The second-order valence-electron chi connectivity index (χ2n) is 10.4. The maximum absolute atomic E-state index is 15.4. The highest BCUT2D eigenvalue weighted by molar-refractivity contribution is 5.96. The molecule has 2 aromatic carbocycles. The number of fused-ring (bicyclic) bond motifs is 2. The smallest absolute Gasteiger partial charge is 0.253 e. The monoisotopic (exact) mass is 510 g/mol. The summed E-state index contributed by atoms with van der Waals surface area (Å²) in [7, 11) is 5.50. The summed E-state index contributed by atoms with van der Waals surface area (Å²) in [6.45, 7) is 1.85. The fraction of sp³-hybridized carbons (Fsp3) is 0.300. The lowest BCUT2D eigenvalue weighted by molar-refractivity contribution is 0.0827. The van der Waals surface area contributed by atoms with Gasteiger partial charge in [0.15, 0.2) is 0 Å². The summed E-state index contributed by atoms with van der Waals surface area (Å²) in [5.41, 5.74) is 6.87. The summed E-state index contributed by atoms with van der Waals surface area (Å²) in [6.07, 6.45) is 3.45. The van der Waals surface area contributed by atoms with Gasteiger partial charge in [-0.15, -0.1) is 0 Å². The number of nitrogens with one attached hydrogen (secondary N) is 1. The molecule has 1 N–H and O–H groups in total. The molecule has 1 amide bonds. The first-order valence-corrected chi connectivity index (χ1v) is 12.9. The van der Waals surface area contributed by atoms with E-state index < -0.39 is 6.17 Å². The molecule has 2 atom stereocenters. The van der Waals surface area contributed by atoms with Crippen molar-refractivity contribution in [2.75, 3.05) is 27.2 Å². The number of aryl methyl sites for hydroxylation is 1. The molecule has 38 heavy (non-hydrogen) atoms. The number of nitrogens with zero attached hydrogens (tertiary/aromatic N) is 5. The number of aromatic amines is 1. The van der Waals surface area contributed by atoms with Gasteiger partial charge in [0.25, 0.3) is 5.91 Å². The number of hydrogen-bond acceptors (Lipinski definition) is 4. The number of likely N-dealkylation sites (tertiary alicyclic amines) is 1. The number of carbonyl (C=O) groups excluding carboxylic acids is 1. The number of H-pyrrole nitrogens is 1. The van der Waals surface area contributed by atoms with Crippen LogP contribution in [0.2, 0.25) is 0 Å². The number of hydrogen-bond donors (Lipinski definition) is 1. The summed E-state index contributed by atoms with van der Waals surface area (Å²) >= 11 is 0. The van der Waals surface area contributed by atoms with Gasteiger partial charge in [-0.1, -0.05) is 18.2 Å². The highest BCUT2D eigenvalue weighted by Crippen LogP contribution is 2.34. The van der Waals surface area contributed by atoms with E-state index in [2.05, 4.69) is 42.8 Å². The number of carbonyl (C=O) groups is 1. The van der Waals surface area contributed by atoms with Gasteiger partial charge in [-0.2, -0.15) is 5.10 Å². The zero-order chi connectivity index (χ0) is 26.4. The average Bonchev–Trinajstić information content (AvgIpc) is 3.52. The van der Waals surface area contributed by atoms with Gasteiger partial charge in [0.05, 0.1) is 11.7 Å². The Morgan fingerprint density at radius 3 is 2.71 bits per heavy atom. The highest BCUT2D eigenvalue weighted by Gasteiger charge is 2.31. The molecule has 0 spiro atoms. The Bertz CT molecular complexity index is 1620. The molecule has 1 fully saturated rings. The lowest BCUT2D eigenvalue weighted by atomic mass is 9.87. The van der Waals surface area contributed by atoms with E-state index in [-0.39, 0.29) is 11.8 Å². The molecule has 1 aliphatic heterocycles. The number of alkyl halides is 1. The fourth-order valence-corrected chi connectivity index (χ4v) is 5.63. The first kappa shape index (κ1) is 24.3. The van der Waals surface area contributed by atoms with E-state index in [0.29, 0.717) is 18.7 Å². The summed E-state index contributed by atoms with van der Waals surface area (Å²) in [5.74, 6) is -0.203. The minimum Gasteiger partial charge on any atom is -0.345 e. The summed E-state index contributed by atoms with van der Waals surface area (Å²) < 4.78 is 17.5. The molecule has 194 valence electrons. The summed E-state index contributed by atoms with van der Waals surface area (Å²) in [6, 6.07) is 18.0. The number of benzene rings is 2. The van der Waals surface area contributed by atoms with Gasteiger partial charge in [-0.3, -0.25) is 14.8 Å². The number of piperidine rings is 1. The van der Waals surface area contributed by atoms with Crippen LogP contribution >= 0.6 is 0 Å². The second-order valence-corrected chi connectivity index (χ2v) is 10.4. The van der Waals surface area contributed by atoms with Crippen LogP contribution in [0.25, 0.3) is 33.1 Å². The Balaban J connectivity index is 1.20. The summed E-state index contributed by atoms with van der Waals surface area (Å²) in [5, 5.41) is 9.30. The molecule has 0 aliphatic carbocycles. The molecule has 6 rings (SSSR count). The molecular formula is C30H31FN6O. The van der Waals surface area contributed by atoms with E-state index in [1.165, 1.54) is 0 Å². The van der Waals surface area contributed by atoms with Crippen molar-refractivity contribution in [3.05, 3.63) is 83.8 Å². The number of rotatable bonds is 5. The fourth-order valence-electron chi connectivity index (χ4n) is 5.63. The first-order chi connectivity index (χ1) is 18.4. The van der Waals surface area contributed by atoms with Gasteiger partial charge in [0.2, 0.25) is 0 Å². The Labute approximate surface area is 220 Å². The molecule has 0 radical (unpaired) electrons. The van der Waals surface area contributed by atoms with Crippen LogP contribution in [0.1, 0.15) is 34.0 Å². The first-order valence-electron chi connectivity index (χ1n) is 12.9. The minimum absolute atomic E-state index is 0.0437. The lowest BCUT2D eigenvalue weighted by Crippen LogP contribution is -2.40. The van der Waals surface area contributed by atoms with Crippen molar-refractivity contribution < 1.29 is 9.18 Å². The maximum Gasteiger partial charge on any atom is 0.253 e. The third-order valence-corrected chi connectivity index (χ3v) is 7.78. The molecule has 0 bridgehead atoms. The van der Waals surface area contributed by atoms with Crippen LogP contribution < -0.4 is 0 Å². The van der Waals surface area contributed by atoms with Crippen LogP contribution in [-0.2, 0) is 13.6 Å². The molecule has 7 nitrogen and oxygen atoms in total. The van der Waals surface area contributed by atoms with Crippen LogP contribution in [0.15, 0.2) is 67.0 Å². The second kappa shape index (κ2) is 9.68. The van der Waals surface area contributed by atoms with Crippen LogP contribution in [-0.4, -0.2) is 68.8 Å². The van der Waals surface area contributed by atoms with Crippen molar-refractivity contribution >= 4 is 27.8 Å². The number of aromatic nitrogens is 4. The van der Waals surface area contributed by atoms with Gasteiger partial charge in [0, 0.05) is 68.4 Å². The Hall–Kier alpha value is -4.04. The Morgan fingerprint density at radius 2 is 1.95 bits per heavy atom. The Morgan fingerprint density at radius 1 is 1.13 bits per heavy atom. The average molecular weight is 511 g/mol. The SMILES string of the molecule is CN(C)C(=O)c1ccc([C@@H]2CCN(Cc3cc4c(-c5ccc6[nH]ncc6c5)ccnc4n3C)C[C@H]2F)cc1. The molecule has 0 saturated carbocycles. The third-order valence-electron chi connectivity index (χ3n) is 7.78. The van der Waals surface area contributed by atoms with E-state index in [9.17, 15) is 4.79 Å². The third kappa shape index (κ3) is 4.35. The number of amides is 1. The van der Waals surface area contributed by atoms with Crippen molar-refractivity contribution in [3.63, 3.8) is 0 Å². The van der Waals surface area contributed by atoms with Gasteiger partial charge in [-0.05, 0) is 66.1 Å². The molecule has 1 saturated heterocycles. The van der Waals surface area contributed by atoms with Gasteiger partial charge in [0.1, 0.15) is 11.8 Å². The van der Waals surface area contributed by atoms with Crippen LogP contribution in [0.4, 0.5) is 4.39 Å². The molecule has 3 aromatic heterocycles. The number of pyridine rings is 1. The predicted molar refractivity (Wildman–Crippen MR) is 148 cm³/mol. The van der Waals surface area contributed by atoms with Crippen LogP contribution in [0.3, 0.4) is 0 Å². The van der Waals surface area contributed by atoms with Gasteiger partial charge >= 0.3 is 0 Å². The molecule has 0 unspecified atom stereocenters. The van der Waals surface area contributed by atoms with Crippen molar-refractivity contribution in [1.82, 2.24) is 29.5 Å². The van der Waals surface area contributed by atoms with E-state index >= 15 is 4.39 Å². The highest BCUT2D eigenvalue weighted by atomic mass is 19.1. The zero-order valence-electron chi connectivity index (χ0n) is 21.9. The standard InChI is InChI=1S/C30H31FN6O/c1-35(2)30(38)20-6-4-19(5-7-20)25-11-13-37(18-27(25)31)17-23-15-26-24(10-12-32-29(26)36(23)3)21-8-9-28-22(14-21)16-33-34-28/h4-10,12,14-16,25,27H,11,13,17-18H2,1-3H3,(H,33,34)/t25-,27+/m0/s1. The van der Waals surface area contributed by atoms with Crippen molar-refractivity contribution in [1.29, 1.82) is 0 Å². The van der Waals surface area contributed by atoms with E-state index in [0.717, 1.165) is 57.3 Å². The van der Waals surface area contributed by atoms with E-state index in [1.54, 1.807) is 31.1 Å². The largest absolute Gasteiger partial charge is 0.345 e.